The molecule has 4 nitrogen and oxygen atoms in total. The first kappa shape index (κ1) is 19.5. The minimum atomic E-state index is -0.164. The van der Waals surface area contributed by atoms with Crippen LogP contribution in [-0.2, 0) is 4.79 Å². The first-order valence-corrected chi connectivity index (χ1v) is 9.19. The van der Waals surface area contributed by atoms with E-state index in [-0.39, 0.29) is 5.91 Å². The Bertz CT molecular complexity index is 1060. The second kappa shape index (κ2) is 8.17. The number of carbonyl (C=O) groups excluding carboxylic acids is 1. The number of hydrogen-bond acceptors (Lipinski definition) is 3. The van der Waals surface area contributed by atoms with Crippen molar-refractivity contribution in [2.45, 2.75) is 20.8 Å². The zero-order valence-electron chi connectivity index (χ0n) is 16.8. The van der Waals surface area contributed by atoms with E-state index in [2.05, 4.69) is 43.1 Å². The van der Waals surface area contributed by atoms with E-state index in [0.717, 1.165) is 38.8 Å². The molecule has 144 valence electrons. The van der Waals surface area contributed by atoms with Crippen molar-refractivity contribution in [1.82, 2.24) is 5.32 Å². The number of amides is 1. The van der Waals surface area contributed by atoms with E-state index in [1.807, 2.05) is 19.9 Å². The zero-order chi connectivity index (χ0) is 20.3. The number of nitrogens with one attached hydrogen (secondary N) is 1. The first-order chi connectivity index (χ1) is 13.5. The van der Waals surface area contributed by atoms with Crippen molar-refractivity contribution in [3.05, 3.63) is 72.0 Å². The van der Waals surface area contributed by atoms with Crippen LogP contribution in [0, 0.1) is 13.8 Å². The van der Waals surface area contributed by atoms with Gasteiger partial charge in [0.25, 0.3) is 0 Å². The van der Waals surface area contributed by atoms with E-state index < -0.39 is 0 Å². The molecule has 0 spiro atoms. The number of ether oxygens (including phenoxy) is 1. The van der Waals surface area contributed by atoms with Crippen molar-refractivity contribution in [2.75, 3.05) is 13.7 Å². The molecule has 0 aliphatic heterocycles. The lowest BCUT2D eigenvalue weighted by atomic mass is 9.96. The van der Waals surface area contributed by atoms with Gasteiger partial charge in [0, 0.05) is 34.7 Å². The molecule has 0 aliphatic rings. The summed E-state index contributed by atoms with van der Waals surface area (Å²) in [5.74, 6) is 0.547. The number of benzene rings is 2. The van der Waals surface area contributed by atoms with Gasteiger partial charge in [0.2, 0.25) is 5.91 Å². The van der Waals surface area contributed by atoms with Crippen LogP contribution in [0.5, 0.6) is 5.75 Å². The van der Waals surface area contributed by atoms with Crippen LogP contribution in [0.4, 0.5) is 0 Å². The summed E-state index contributed by atoms with van der Waals surface area (Å²) < 4.78 is 11.5. The summed E-state index contributed by atoms with van der Waals surface area (Å²) in [6.45, 7) is 9.98. The first-order valence-electron chi connectivity index (χ1n) is 9.19. The Morgan fingerprint density at radius 3 is 2.61 bits per heavy atom. The third-order valence-electron chi connectivity index (χ3n) is 4.80. The Kier molecular flexibility index (Phi) is 5.69. The molecule has 0 aliphatic carbocycles. The summed E-state index contributed by atoms with van der Waals surface area (Å²) >= 11 is 0. The maximum atomic E-state index is 12.1. The summed E-state index contributed by atoms with van der Waals surface area (Å²) in [6, 6.07) is 10.4. The Morgan fingerprint density at radius 1 is 1.25 bits per heavy atom. The van der Waals surface area contributed by atoms with Gasteiger partial charge in [-0.1, -0.05) is 35.9 Å². The maximum absolute atomic E-state index is 12.1. The Morgan fingerprint density at radius 2 is 1.96 bits per heavy atom. The van der Waals surface area contributed by atoms with Crippen LogP contribution < -0.4 is 10.1 Å². The third kappa shape index (κ3) is 3.72. The molecule has 3 rings (SSSR count). The summed E-state index contributed by atoms with van der Waals surface area (Å²) in [5.41, 5.74) is 6.71. The average molecular weight is 375 g/mol. The summed E-state index contributed by atoms with van der Waals surface area (Å²) in [6.07, 6.45) is 5.01. The second-order valence-electron chi connectivity index (χ2n) is 6.84. The van der Waals surface area contributed by atoms with Crippen molar-refractivity contribution < 1.29 is 13.9 Å². The minimum Gasteiger partial charge on any atom is -0.496 e. The Hall–Kier alpha value is -3.27. The second-order valence-corrected chi connectivity index (χ2v) is 6.84. The smallest absolute Gasteiger partial charge is 0.244 e. The van der Waals surface area contributed by atoms with E-state index in [9.17, 15) is 4.79 Å². The molecule has 4 heteroatoms. The van der Waals surface area contributed by atoms with Gasteiger partial charge in [-0.3, -0.25) is 4.79 Å². The highest BCUT2D eigenvalue weighted by atomic mass is 16.5. The number of furan rings is 1. The number of hydrogen-bond donors (Lipinski definition) is 1. The highest BCUT2D eigenvalue weighted by Crippen LogP contribution is 2.40. The molecule has 1 heterocycles. The molecule has 0 unspecified atom stereocenters. The lowest BCUT2D eigenvalue weighted by Crippen LogP contribution is -2.20. The van der Waals surface area contributed by atoms with Crippen molar-refractivity contribution in [2.24, 2.45) is 0 Å². The maximum Gasteiger partial charge on any atom is 0.244 e. The van der Waals surface area contributed by atoms with Crippen molar-refractivity contribution in [3.63, 3.8) is 0 Å². The SMILES string of the molecule is C=CCNC(=O)/C=C(\C)c1cc2c(-c3ccc(C)cc3)coc2c(C)c1OC. The van der Waals surface area contributed by atoms with Crippen LogP contribution in [0.25, 0.3) is 27.7 Å². The van der Waals surface area contributed by atoms with E-state index >= 15 is 0 Å². The van der Waals surface area contributed by atoms with Gasteiger partial charge >= 0.3 is 0 Å². The number of methoxy groups -OCH3 is 1. The molecular weight excluding hydrogens is 350 g/mol. The summed E-state index contributed by atoms with van der Waals surface area (Å²) in [4.78, 5) is 12.1. The van der Waals surface area contributed by atoms with Crippen LogP contribution in [0.2, 0.25) is 0 Å². The van der Waals surface area contributed by atoms with E-state index in [1.54, 1.807) is 25.5 Å². The van der Waals surface area contributed by atoms with Gasteiger partial charge in [-0.2, -0.15) is 0 Å². The highest BCUT2D eigenvalue weighted by Gasteiger charge is 2.18. The zero-order valence-corrected chi connectivity index (χ0v) is 16.8. The van der Waals surface area contributed by atoms with Gasteiger partial charge in [0.15, 0.2) is 0 Å². The Labute approximate surface area is 165 Å². The van der Waals surface area contributed by atoms with Gasteiger partial charge in [-0.15, -0.1) is 6.58 Å². The molecule has 1 aromatic heterocycles. The fourth-order valence-electron chi connectivity index (χ4n) is 3.33. The number of aryl methyl sites for hydroxylation is 2. The number of fused-ring (bicyclic) bond motifs is 1. The molecule has 0 atom stereocenters. The number of carbonyl (C=O) groups is 1. The van der Waals surface area contributed by atoms with Gasteiger partial charge in [0.05, 0.1) is 13.4 Å². The van der Waals surface area contributed by atoms with Crippen molar-refractivity contribution in [1.29, 1.82) is 0 Å². The van der Waals surface area contributed by atoms with E-state index in [1.165, 1.54) is 5.56 Å². The molecule has 3 aromatic rings. The quantitative estimate of drug-likeness (QED) is 0.462. The van der Waals surface area contributed by atoms with Crippen LogP contribution in [0.15, 0.2) is 59.7 Å². The van der Waals surface area contributed by atoms with Crippen LogP contribution >= 0.6 is 0 Å². The predicted molar refractivity (Wildman–Crippen MR) is 115 cm³/mol. The van der Waals surface area contributed by atoms with Crippen LogP contribution in [0.3, 0.4) is 0 Å². The normalized spacial score (nSPS) is 11.5. The fraction of sp³-hybridized carbons (Fsp3) is 0.208. The number of allylic oxidation sites excluding steroid dienone is 1. The highest BCUT2D eigenvalue weighted by molar-refractivity contribution is 6.01. The predicted octanol–water partition coefficient (Wildman–Crippen LogP) is 5.43. The standard InChI is InChI=1S/C24H25NO3/c1-6-11-25-22(26)12-16(3)19-13-20-21(18-9-7-15(2)8-10-18)14-28-24(20)17(4)23(19)27-5/h6-10,12-14H,1,11H2,2-5H3,(H,25,26)/b16-12+. The molecule has 0 saturated heterocycles. The molecule has 28 heavy (non-hydrogen) atoms. The van der Waals surface area contributed by atoms with Gasteiger partial charge in [-0.05, 0) is 38.0 Å². The molecule has 1 N–H and O–H groups in total. The molecule has 0 bridgehead atoms. The lowest BCUT2D eigenvalue weighted by Gasteiger charge is -2.13. The van der Waals surface area contributed by atoms with Crippen molar-refractivity contribution >= 4 is 22.4 Å². The molecule has 1 amide bonds. The monoisotopic (exact) mass is 375 g/mol. The molecule has 2 aromatic carbocycles. The summed E-state index contributed by atoms with van der Waals surface area (Å²) in [5, 5.41) is 3.76. The van der Waals surface area contributed by atoms with Crippen LogP contribution in [0.1, 0.15) is 23.6 Å². The van der Waals surface area contributed by atoms with Gasteiger partial charge in [-0.25, -0.2) is 0 Å². The topological polar surface area (TPSA) is 51.5 Å². The average Bonchev–Trinajstić information content (AvgIpc) is 3.11. The molecule has 0 saturated carbocycles. The lowest BCUT2D eigenvalue weighted by molar-refractivity contribution is -0.116. The third-order valence-corrected chi connectivity index (χ3v) is 4.80. The molecule has 0 fully saturated rings. The summed E-state index contributed by atoms with van der Waals surface area (Å²) in [7, 11) is 1.63. The minimum absolute atomic E-state index is 0.164. The van der Waals surface area contributed by atoms with Crippen LogP contribution in [-0.4, -0.2) is 19.6 Å². The molecular formula is C24H25NO3. The number of rotatable bonds is 6. The fourth-order valence-corrected chi connectivity index (χ4v) is 3.33. The van der Waals surface area contributed by atoms with Crippen molar-refractivity contribution in [3.8, 4) is 16.9 Å². The Balaban J connectivity index is 2.15. The molecule has 0 radical (unpaired) electrons. The van der Waals surface area contributed by atoms with Gasteiger partial charge < -0.3 is 14.5 Å². The van der Waals surface area contributed by atoms with E-state index in [4.69, 9.17) is 9.15 Å². The largest absolute Gasteiger partial charge is 0.496 e. The van der Waals surface area contributed by atoms with Gasteiger partial charge in [0.1, 0.15) is 11.3 Å². The van der Waals surface area contributed by atoms with E-state index in [0.29, 0.717) is 12.3 Å².